The van der Waals surface area contributed by atoms with Crippen molar-refractivity contribution in [2.24, 2.45) is 0 Å². The van der Waals surface area contributed by atoms with E-state index in [1.807, 2.05) is 30.3 Å². The Morgan fingerprint density at radius 3 is 2.68 bits per heavy atom. The summed E-state index contributed by atoms with van der Waals surface area (Å²) in [5, 5.41) is 14.1. The van der Waals surface area contributed by atoms with Crippen LogP contribution in [0.2, 0.25) is 10.0 Å². The van der Waals surface area contributed by atoms with Crippen molar-refractivity contribution in [3.05, 3.63) is 63.1 Å². The summed E-state index contributed by atoms with van der Waals surface area (Å²) in [7, 11) is 0. The van der Waals surface area contributed by atoms with Crippen LogP contribution in [-0.4, -0.2) is 11.7 Å². The predicted octanol–water partition coefficient (Wildman–Crippen LogP) is 3.93. The summed E-state index contributed by atoms with van der Waals surface area (Å²) in [6.07, 6.45) is 0. The Bertz CT molecular complexity index is 628. The van der Waals surface area contributed by atoms with Gasteiger partial charge in [0, 0.05) is 19.0 Å². The number of nitrogens with one attached hydrogen (secondary N) is 1. The highest BCUT2D eigenvalue weighted by atomic mass is 35.5. The molecular formula is C15H13Cl2NO. The molecule has 1 heterocycles. The van der Waals surface area contributed by atoms with Crippen LogP contribution in [0.3, 0.4) is 0 Å². The molecule has 2 aromatic carbocycles. The van der Waals surface area contributed by atoms with Crippen molar-refractivity contribution in [3.63, 3.8) is 0 Å². The van der Waals surface area contributed by atoms with Crippen LogP contribution in [0, 0.1) is 0 Å². The predicted molar refractivity (Wildman–Crippen MR) is 78.1 cm³/mol. The van der Waals surface area contributed by atoms with Crippen molar-refractivity contribution in [1.29, 1.82) is 0 Å². The van der Waals surface area contributed by atoms with Gasteiger partial charge in [0.1, 0.15) is 5.75 Å². The summed E-state index contributed by atoms with van der Waals surface area (Å²) < 4.78 is 0. The molecule has 19 heavy (non-hydrogen) atoms. The Labute approximate surface area is 122 Å². The van der Waals surface area contributed by atoms with Crippen molar-refractivity contribution in [3.8, 4) is 5.75 Å². The molecule has 0 bridgehead atoms. The van der Waals surface area contributed by atoms with Gasteiger partial charge in [-0.15, -0.1) is 0 Å². The highest BCUT2D eigenvalue weighted by molar-refractivity contribution is 6.42. The van der Waals surface area contributed by atoms with Gasteiger partial charge in [0.15, 0.2) is 0 Å². The van der Waals surface area contributed by atoms with Gasteiger partial charge < -0.3 is 10.4 Å². The third-order valence-electron chi connectivity index (χ3n) is 3.51. The first-order chi connectivity index (χ1) is 9.15. The topological polar surface area (TPSA) is 32.3 Å². The molecule has 0 aromatic heterocycles. The van der Waals surface area contributed by atoms with E-state index in [0.717, 1.165) is 24.2 Å². The van der Waals surface area contributed by atoms with Gasteiger partial charge in [0.25, 0.3) is 0 Å². The lowest BCUT2D eigenvalue weighted by Gasteiger charge is -2.27. The molecule has 0 fully saturated rings. The molecule has 0 aliphatic carbocycles. The van der Waals surface area contributed by atoms with Crippen LogP contribution in [0.15, 0.2) is 36.4 Å². The number of aromatic hydroxyl groups is 1. The smallest absolute Gasteiger partial charge is 0.115 e. The molecule has 4 heteroatoms. The minimum atomic E-state index is 0.235. The molecule has 3 rings (SSSR count). The number of benzene rings is 2. The van der Waals surface area contributed by atoms with E-state index < -0.39 is 0 Å². The van der Waals surface area contributed by atoms with Crippen molar-refractivity contribution in [2.45, 2.75) is 12.5 Å². The molecule has 0 amide bonds. The van der Waals surface area contributed by atoms with Crippen LogP contribution in [0.4, 0.5) is 0 Å². The summed E-state index contributed by atoms with van der Waals surface area (Å²) in [4.78, 5) is 0. The molecule has 2 aromatic rings. The van der Waals surface area contributed by atoms with E-state index >= 15 is 0 Å². The first kappa shape index (κ1) is 12.8. The maximum atomic E-state index is 9.56. The number of phenolic OH excluding ortho intramolecular Hbond substituents is 1. The number of fused-ring (bicyclic) bond motifs is 1. The molecule has 0 spiro atoms. The third-order valence-corrected chi connectivity index (χ3v) is 4.25. The number of hydrogen-bond acceptors (Lipinski definition) is 2. The number of hydrogen-bond donors (Lipinski definition) is 2. The summed E-state index contributed by atoms with van der Waals surface area (Å²) in [5.41, 5.74) is 3.49. The summed E-state index contributed by atoms with van der Waals surface area (Å²) in [6, 6.07) is 11.3. The SMILES string of the molecule is Oc1ccc2c(c1)CNCC2c1ccc(Cl)c(Cl)c1. The lowest BCUT2D eigenvalue weighted by atomic mass is 9.85. The van der Waals surface area contributed by atoms with E-state index in [4.69, 9.17) is 23.2 Å². The zero-order valence-electron chi connectivity index (χ0n) is 10.2. The molecule has 2 nitrogen and oxygen atoms in total. The van der Waals surface area contributed by atoms with Crippen LogP contribution in [0.25, 0.3) is 0 Å². The highest BCUT2D eigenvalue weighted by Gasteiger charge is 2.22. The van der Waals surface area contributed by atoms with Gasteiger partial charge in [-0.2, -0.15) is 0 Å². The maximum Gasteiger partial charge on any atom is 0.115 e. The van der Waals surface area contributed by atoms with Gasteiger partial charge in [0.2, 0.25) is 0 Å². The van der Waals surface area contributed by atoms with Gasteiger partial charge in [-0.1, -0.05) is 35.3 Å². The normalized spacial score (nSPS) is 18.1. The van der Waals surface area contributed by atoms with E-state index in [0.29, 0.717) is 15.8 Å². The molecule has 1 aliphatic heterocycles. The van der Waals surface area contributed by atoms with Crippen molar-refractivity contribution in [2.75, 3.05) is 6.54 Å². The van der Waals surface area contributed by atoms with Gasteiger partial charge in [-0.3, -0.25) is 0 Å². The average Bonchev–Trinajstić information content (AvgIpc) is 2.41. The minimum Gasteiger partial charge on any atom is -0.508 e. The Hall–Kier alpha value is -1.22. The Morgan fingerprint density at radius 2 is 1.89 bits per heavy atom. The highest BCUT2D eigenvalue weighted by Crippen LogP contribution is 2.34. The molecular weight excluding hydrogens is 281 g/mol. The Morgan fingerprint density at radius 1 is 1.05 bits per heavy atom. The lowest BCUT2D eigenvalue weighted by molar-refractivity contribution is 0.472. The molecule has 1 atom stereocenters. The second-order valence-electron chi connectivity index (χ2n) is 4.74. The summed E-state index contributed by atoms with van der Waals surface area (Å²) in [5.74, 6) is 0.537. The fourth-order valence-electron chi connectivity index (χ4n) is 2.57. The van der Waals surface area contributed by atoms with Crippen molar-refractivity contribution >= 4 is 23.2 Å². The van der Waals surface area contributed by atoms with E-state index in [1.54, 1.807) is 6.07 Å². The van der Waals surface area contributed by atoms with Gasteiger partial charge in [-0.05, 0) is 41.0 Å². The number of halogens is 2. The molecule has 0 saturated heterocycles. The second kappa shape index (κ2) is 5.04. The molecule has 1 aliphatic rings. The fraction of sp³-hybridized carbons (Fsp3) is 0.200. The zero-order chi connectivity index (χ0) is 13.4. The standard InChI is InChI=1S/C15H13Cl2NO/c16-14-4-1-9(6-15(14)17)13-8-18-7-10-5-11(19)2-3-12(10)13/h1-6,13,18-19H,7-8H2. The van der Waals surface area contributed by atoms with Crippen molar-refractivity contribution in [1.82, 2.24) is 5.32 Å². The first-order valence-corrected chi connectivity index (χ1v) is 6.88. The zero-order valence-corrected chi connectivity index (χ0v) is 11.7. The second-order valence-corrected chi connectivity index (χ2v) is 5.55. The average molecular weight is 294 g/mol. The van der Waals surface area contributed by atoms with Crippen LogP contribution in [0.1, 0.15) is 22.6 Å². The lowest BCUT2D eigenvalue weighted by Crippen LogP contribution is -2.28. The quantitative estimate of drug-likeness (QED) is 0.835. The van der Waals surface area contributed by atoms with Crippen LogP contribution in [-0.2, 0) is 6.54 Å². The van der Waals surface area contributed by atoms with Gasteiger partial charge in [0.05, 0.1) is 10.0 Å². The summed E-state index contributed by atoms with van der Waals surface area (Å²) >= 11 is 12.1. The Kier molecular flexibility index (Phi) is 3.40. The molecule has 98 valence electrons. The number of phenols is 1. The van der Waals surface area contributed by atoms with E-state index in [9.17, 15) is 5.11 Å². The van der Waals surface area contributed by atoms with Gasteiger partial charge in [-0.25, -0.2) is 0 Å². The molecule has 0 radical (unpaired) electrons. The van der Waals surface area contributed by atoms with Crippen LogP contribution < -0.4 is 5.32 Å². The van der Waals surface area contributed by atoms with Crippen LogP contribution in [0.5, 0.6) is 5.75 Å². The third kappa shape index (κ3) is 2.44. The largest absolute Gasteiger partial charge is 0.508 e. The fourth-order valence-corrected chi connectivity index (χ4v) is 2.88. The van der Waals surface area contributed by atoms with E-state index in [1.165, 1.54) is 5.56 Å². The number of rotatable bonds is 1. The van der Waals surface area contributed by atoms with Gasteiger partial charge >= 0.3 is 0 Å². The molecule has 2 N–H and O–H groups in total. The monoisotopic (exact) mass is 293 g/mol. The first-order valence-electron chi connectivity index (χ1n) is 6.12. The molecule has 0 saturated carbocycles. The Balaban J connectivity index is 2.05. The van der Waals surface area contributed by atoms with Crippen LogP contribution >= 0.6 is 23.2 Å². The van der Waals surface area contributed by atoms with E-state index in [-0.39, 0.29) is 5.92 Å². The molecule has 1 unspecified atom stereocenters. The maximum absolute atomic E-state index is 9.56. The van der Waals surface area contributed by atoms with E-state index in [2.05, 4.69) is 5.32 Å². The summed E-state index contributed by atoms with van der Waals surface area (Å²) in [6.45, 7) is 1.64. The van der Waals surface area contributed by atoms with Crippen molar-refractivity contribution < 1.29 is 5.11 Å². The minimum absolute atomic E-state index is 0.235.